The van der Waals surface area contributed by atoms with Crippen LogP contribution in [0.2, 0.25) is 0 Å². The maximum Gasteiger partial charge on any atom is 0.303 e. The third kappa shape index (κ3) is 2.22. The van der Waals surface area contributed by atoms with Crippen LogP contribution >= 0.6 is 0 Å². The monoisotopic (exact) mass is 240 g/mol. The molecule has 17 heavy (non-hydrogen) atoms. The summed E-state index contributed by atoms with van der Waals surface area (Å²) < 4.78 is 0. The first kappa shape index (κ1) is 12.9. The van der Waals surface area contributed by atoms with Crippen LogP contribution in [0.3, 0.4) is 0 Å². The van der Waals surface area contributed by atoms with Crippen LogP contribution in [-0.2, 0) is 4.79 Å². The SMILES string of the molecule is CC(C)C1(O)C2CCCC(C2)CC1CC(=O)O. The van der Waals surface area contributed by atoms with Crippen molar-refractivity contribution >= 4 is 5.97 Å². The van der Waals surface area contributed by atoms with E-state index in [4.69, 9.17) is 5.11 Å². The predicted octanol–water partition coefficient (Wildman–Crippen LogP) is 2.67. The maximum absolute atomic E-state index is 11.0. The van der Waals surface area contributed by atoms with E-state index in [0.717, 1.165) is 19.3 Å². The molecule has 3 nitrogen and oxygen atoms in total. The molecule has 0 aromatic carbocycles. The van der Waals surface area contributed by atoms with E-state index in [9.17, 15) is 9.90 Å². The maximum atomic E-state index is 11.0. The Kier molecular flexibility index (Phi) is 3.48. The number of rotatable bonds is 3. The Morgan fingerprint density at radius 1 is 1.35 bits per heavy atom. The van der Waals surface area contributed by atoms with E-state index < -0.39 is 11.6 Å². The largest absolute Gasteiger partial charge is 0.481 e. The first-order valence-electron chi connectivity index (χ1n) is 6.88. The number of fused-ring (bicyclic) bond motifs is 2. The Hall–Kier alpha value is -0.570. The van der Waals surface area contributed by atoms with Crippen LogP contribution in [0.15, 0.2) is 0 Å². The zero-order valence-electron chi connectivity index (χ0n) is 10.9. The van der Waals surface area contributed by atoms with Crippen molar-refractivity contribution in [1.29, 1.82) is 0 Å². The Balaban J connectivity index is 2.24. The van der Waals surface area contributed by atoms with Crippen molar-refractivity contribution in [2.45, 2.75) is 58.0 Å². The molecule has 0 aromatic heterocycles. The number of hydrogen-bond acceptors (Lipinski definition) is 2. The van der Waals surface area contributed by atoms with Gasteiger partial charge in [0.2, 0.25) is 0 Å². The second kappa shape index (κ2) is 4.60. The number of carboxylic acid groups (broad SMARTS) is 1. The van der Waals surface area contributed by atoms with Crippen LogP contribution < -0.4 is 0 Å². The van der Waals surface area contributed by atoms with Crippen LogP contribution in [0, 0.1) is 23.7 Å². The van der Waals surface area contributed by atoms with Gasteiger partial charge in [-0.15, -0.1) is 0 Å². The molecule has 2 N–H and O–H groups in total. The third-order valence-electron chi connectivity index (χ3n) is 5.05. The molecule has 3 heteroatoms. The van der Waals surface area contributed by atoms with E-state index in [1.54, 1.807) is 0 Å². The van der Waals surface area contributed by atoms with Crippen molar-refractivity contribution in [2.24, 2.45) is 23.7 Å². The highest BCUT2D eigenvalue weighted by Crippen LogP contribution is 2.52. The summed E-state index contributed by atoms with van der Waals surface area (Å²) >= 11 is 0. The van der Waals surface area contributed by atoms with Crippen LogP contribution in [0.25, 0.3) is 0 Å². The van der Waals surface area contributed by atoms with E-state index in [-0.39, 0.29) is 18.3 Å². The lowest BCUT2D eigenvalue weighted by atomic mass is 9.55. The quantitative estimate of drug-likeness (QED) is 0.797. The Labute approximate surface area is 103 Å². The van der Waals surface area contributed by atoms with Crippen molar-refractivity contribution < 1.29 is 15.0 Å². The summed E-state index contributed by atoms with van der Waals surface area (Å²) in [6.07, 6.45) is 5.62. The first-order valence-corrected chi connectivity index (χ1v) is 6.88. The molecule has 0 spiro atoms. The summed E-state index contributed by atoms with van der Waals surface area (Å²) in [5.74, 6) is 0.297. The van der Waals surface area contributed by atoms with Crippen molar-refractivity contribution in [3.8, 4) is 0 Å². The van der Waals surface area contributed by atoms with Gasteiger partial charge in [0.1, 0.15) is 0 Å². The minimum atomic E-state index is -0.769. The van der Waals surface area contributed by atoms with Gasteiger partial charge >= 0.3 is 5.97 Å². The highest BCUT2D eigenvalue weighted by Gasteiger charge is 2.52. The molecule has 2 rings (SSSR count). The second-order valence-electron chi connectivity index (χ2n) is 6.30. The molecule has 2 aliphatic carbocycles. The van der Waals surface area contributed by atoms with Gasteiger partial charge in [0.15, 0.2) is 0 Å². The second-order valence-corrected chi connectivity index (χ2v) is 6.30. The standard InChI is InChI=1S/C14H24O3/c1-9(2)14(17)11-5-3-4-10(6-11)7-12(14)8-13(15)16/h9-12,17H,3-8H2,1-2H3,(H,15,16). The molecule has 0 amide bonds. The molecule has 2 aliphatic rings. The molecular weight excluding hydrogens is 216 g/mol. The predicted molar refractivity (Wildman–Crippen MR) is 65.6 cm³/mol. The van der Waals surface area contributed by atoms with Gasteiger partial charge in [0.25, 0.3) is 0 Å². The molecule has 0 aliphatic heterocycles. The van der Waals surface area contributed by atoms with Crippen molar-refractivity contribution in [3.63, 3.8) is 0 Å². The zero-order chi connectivity index (χ0) is 12.6. The van der Waals surface area contributed by atoms with Crippen LogP contribution in [-0.4, -0.2) is 21.8 Å². The van der Waals surface area contributed by atoms with Crippen molar-refractivity contribution in [2.75, 3.05) is 0 Å². The van der Waals surface area contributed by atoms with Gasteiger partial charge < -0.3 is 10.2 Å². The molecule has 0 aromatic rings. The molecule has 0 saturated heterocycles. The number of aliphatic hydroxyl groups is 1. The number of aliphatic carboxylic acids is 1. The molecular formula is C14H24O3. The van der Waals surface area contributed by atoms with Crippen LogP contribution in [0.1, 0.15) is 52.4 Å². The number of carboxylic acids is 1. The lowest BCUT2D eigenvalue weighted by molar-refractivity contribution is -0.166. The average Bonchev–Trinajstić information content (AvgIpc) is 2.25. The lowest BCUT2D eigenvalue weighted by Gasteiger charge is -2.53. The summed E-state index contributed by atoms with van der Waals surface area (Å²) in [6.45, 7) is 4.06. The molecule has 0 heterocycles. The molecule has 2 saturated carbocycles. The van der Waals surface area contributed by atoms with Gasteiger partial charge in [0.05, 0.1) is 12.0 Å². The van der Waals surface area contributed by atoms with Crippen LogP contribution in [0.5, 0.6) is 0 Å². The summed E-state index contributed by atoms with van der Waals surface area (Å²) in [5, 5.41) is 20.0. The van der Waals surface area contributed by atoms with Gasteiger partial charge in [-0.25, -0.2) is 0 Å². The number of carbonyl (C=O) groups is 1. The first-order chi connectivity index (χ1) is 7.94. The molecule has 2 fully saturated rings. The Morgan fingerprint density at radius 3 is 2.65 bits per heavy atom. The molecule has 98 valence electrons. The minimum absolute atomic E-state index is 0.0518. The highest BCUT2D eigenvalue weighted by atomic mass is 16.4. The summed E-state index contributed by atoms with van der Waals surface area (Å²) in [4.78, 5) is 11.0. The summed E-state index contributed by atoms with van der Waals surface area (Å²) in [6, 6.07) is 0. The smallest absolute Gasteiger partial charge is 0.303 e. The van der Waals surface area contributed by atoms with E-state index in [1.165, 1.54) is 12.8 Å². The van der Waals surface area contributed by atoms with E-state index in [2.05, 4.69) is 0 Å². The summed E-state index contributed by atoms with van der Waals surface area (Å²) in [7, 11) is 0. The minimum Gasteiger partial charge on any atom is -0.481 e. The molecule has 0 radical (unpaired) electrons. The number of hydrogen-bond donors (Lipinski definition) is 2. The third-order valence-corrected chi connectivity index (χ3v) is 5.05. The van der Waals surface area contributed by atoms with E-state index >= 15 is 0 Å². The summed E-state index contributed by atoms with van der Waals surface area (Å²) in [5.41, 5.74) is -0.755. The van der Waals surface area contributed by atoms with Gasteiger partial charge in [-0.2, -0.15) is 0 Å². The van der Waals surface area contributed by atoms with E-state index in [1.807, 2.05) is 13.8 Å². The molecule has 2 bridgehead atoms. The Bertz CT molecular complexity index is 300. The highest BCUT2D eigenvalue weighted by molar-refractivity contribution is 5.67. The average molecular weight is 240 g/mol. The molecule has 4 atom stereocenters. The van der Waals surface area contributed by atoms with Crippen molar-refractivity contribution in [3.05, 3.63) is 0 Å². The van der Waals surface area contributed by atoms with Gasteiger partial charge in [0, 0.05) is 0 Å². The normalized spacial score (nSPS) is 41.5. The van der Waals surface area contributed by atoms with Gasteiger partial charge in [-0.05, 0) is 42.9 Å². The van der Waals surface area contributed by atoms with E-state index in [0.29, 0.717) is 11.8 Å². The fourth-order valence-electron chi connectivity index (χ4n) is 4.25. The fraction of sp³-hybridized carbons (Fsp3) is 0.929. The lowest BCUT2D eigenvalue weighted by Crippen LogP contribution is -2.55. The van der Waals surface area contributed by atoms with Gasteiger partial charge in [-0.1, -0.05) is 26.7 Å². The fourth-order valence-corrected chi connectivity index (χ4v) is 4.25. The zero-order valence-corrected chi connectivity index (χ0v) is 10.9. The Morgan fingerprint density at radius 2 is 2.06 bits per heavy atom. The topological polar surface area (TPSA) is 57.5 Å². The van der Waals surface area contributed by atoms with Crippen molar-refractivity contribution in [1.82, 2.24) is 0 Å². The van der Waals surface area contributed by atoms with Crippen LogP contribution in [0.4, 0.5) is 0 Å². The molecule has 4 unspecified atom stereocenters. The van der Waals surface area contributed by atoms with Gasteiger partial charge in [-0.3, -0.25) is 4.79 Å².